The van der Waals surface area contributed by atoms with Gasteiger partial charge in [0.2, 0.25) is 0 Å². The molecule has 0 saturated heterocycles. The second-order valence-electron chi connectivity index (χ2n) is 8.22. The number of anilines is 3. The largest absolute Gasteiger partial charge is 0.399 e. The maximum atomic E-state index is 5.95. The zero-order valence-electron chi connectivity index (χ0n) is 22.0. The van der Waals surface area contributed by atoms with Crippen molar-refractivity contribution in [3.8, 4) is 0 Å². The van der Waals surface area contributed by atoms with E-state index in [9.17, 15) is 0 Å². The molecule has 35 heavy (non-hydrogen) atoms. The summed E-state index contributed by atoms with van der Waals surface area (Å²) < 4.78 is 0. The SMILES string of the molecule is CN.Cc1c(C)c(C)c(N)c(C)c1C.Nc1ccc(Cc2ccc(N)cc2)cc1.c1ccncc1. The molecule has 0 aliphatic carbocycles. The van der Waals surface area contributed by atoms with E-state index in [2.05, 4.69) is 45.3 Å². The summed E-state index contributed by atoms with van der Waals surface area (Å²) in [6, 6.07) is 21.6. The van der Waals surface area contributed by atoms with Crippen molar-refractivity contribution in [1.82, 2.24) is 4.98 Å². The van der Waals surface area contributed by atoms with Crippen LogP contribution in [0, 0.1) is 34.6 Å². The van der Waals surface area contributed by atoms with E-state index in [0.717, 1.165) is 23.5 Å². The lowest BCUT2D eigenvalue weighted by molar-refractivity contribution is 1.18. The highest BCUT2D eigenvalue weighted by Crippen LogP contribution is 2.27. The van der Waals surface area contributed by atoms with Crippen LogP contribution < -0.4 is 22.9 Å². The van der Waals surface area contributed by atoms with Crippen molar-refractivity contribution in [1.29, 1.82) is 0 Å². The first-order valence-electron chi connectivity index (χ1n) is 11.6. The number of hydrogen-bond donors (Lipinski definition) is 4. The first-order chi connectivity index (χ1) is 16.7. The second kappa shape index (κ2) is 15.1. The Morgan fingerprint density at radius 3 is 1.14 bits per heavy atom. The maximum Gasteiger partial charge on any atom is 0.0378 e. The van der Waals surface area contributed by atoms with Gasteiger partial charge in [0.05, 0.1) is 0 Å². The lowest BCUT2D eigenvalue weighted by Crippen LogP contribution is -2.01. The van der Waals surface area contributed by atoms with E-state index < -0.39 is 0 Å². The van der Waals surface area contributed by atoms with Gasteiger partial charge in [-0.1, -0.05) is 30.3 Å². The minimum atomic E-state index is 0.802. The average Bonchev–Trinajstić information content (AvgIpc) is 2.91. The minimum Gasteiger partial charge on any atom is -0.399 e. The molecule has 0 aliphatic rings. The normalized spacial score (nSPS) is 9.46. The fourth-order valence-corrected chi connectivity index (χ4v) is 3.35. The topological polar surface area (TPSA) is 117 Å². The van der Waals surface area contributed by atoms with Gasteiger partial charge < -0.3 is 22.9 Å². The van der Waals surface area contributed by atoms with Gasteiger partial charge in [-0.15, -0.1) is 0 Å². The zero-order valence-corrected chi connectivity index (χ0v) is 22.0. The van der Waals surface area contributed by atoms with E-state index in [-0.39, 0.29) is 0 Å². The summed E-state index contributed by atoms with van der Waals surface area (Å²) in [5.74, 6) is 0. The molecule has 5 heteroatoms. The predicted molar refractivity (Wildman–Crippen MR) is 153 cm³/mol. The maximum absolute atomic E-state index is 5.95. The van der Waals surface area contributed by atoms with Crippen molar-refractivity contribution in [2.75, 3.05) is 24.2 Å². The van der Waals surface area contributed by atoms with Gasteiger partial charge in [0.15, 0.2) is 0 Å². The highest BCUT2D eigenvalue weighted by Gasteiger charge is 2.08. The van der Waals surface area contributed by atoms with Crippen molar-refractivity contribution in [3.63, 3.8) is 0 Å². The predicted octanol–water partition coefficient (Wildman–Crippen LogP) is 5.91. The Kier molecular flexibility index (Phi) is 12.6. The van der Waals surface area contributed by atoms with Crippen LogP contribution >= 0.6 is 0 Å². The van der Waals surface area contributed by atoms with Gasteiger partial charge in [-0.3, -0.25) is 4.98 Å². The van der Waals surface area contributed by atoms with E-state index in [4.69, 9.17) is 17.2 Å². The third-order valence-electron chi connectivity index (χ3n) is 5.99. The fraction of sp³-hybridized carbons (Fsp3) is 0.233. The number of pyridine rings is 1. The van der Waals surface area contributed by atoms with E-state index in [1.807, 2.05) is 66.7 Å². The van der Waals surface area contributed by atoms with E-state index in [0.29, 0.717) is 0 Å². The standard InChI is InChI=1S/C13H14N2.C11H17N.C5H5N.CH5N/c14-12-5-1-10(2-6-12)9-11-3-7-13(15)8-4-11;1-6-7(2)9(4)11(12)10(5)8(6)3;1-2-4-6-5-3-1;1-2/h1-8H,9,14-15H2;12H2,1-5H3;1-5H;2H2,1H3. The molecule has 0 amide bonds. The first kappa shape index (κ1) is 29.2. The Hall–Kier alpha value is -3.83. The van der Waals surface area contributed by atoms with E-state index >= 15 is 0 Å². The van der Waals surface area contributed by atoms with Crippen molar-refractivity contribution in [3.05, 3.63) is 118 Å². The minimum absolute atomic E-state index is 0.802. The molecule has 0 atom stereocenters. The van der Waals surface area contributed by atoms with E-state index in [1.54, 1.807) is 12.4 Å². The van der Waals surface area contributed by atoms with Crippen LogP contribution in [0.15, 0.2) is 79.1 Å². The molecule has 0 spiro atoms. The number of nitrogens with two attached hydrogens (primary N) is 4. The molecule has 8 N–H and O–H groups in total. The number of nitrogen functional groups attached to an aromatic ring is 3. The Morgan fingerprint density at radius 2 is 0.857 bits per heavy atom. The van der Waals surface area contributed by atoms with Gasteiger partial charge in [-0.05, 0) is 123 Å². The van der Waals surface area contributed by atoms with Crippen LogP contribution in [0.4, 0.5) is 17.1 Å². The van der Waals surface area contributed by atoms with E-state index in [1.165, 1.54) is 46.0 Å². The molecule has 3 aromatic carbocycles. The molecule has 4 rings (SSSR count). The van der Waals surface area contributed by atoms with Crippen LogP contribution in [0.2, 0.25) is 0 Å². The summed E-state index contributed by atoms with van der Waals surface area (Å²) in [4.78, 5) is 3.78. The van der Waals surface area contributed by atoms with Crippen LogP contribution in [-0.4, -0.2) is 12.0 Å². The van der Waals surface area contributed by atoms with Gasteiger partial charge in [0, 0.05) is 29.5 Å². The molecule has 0 fully saturated rings. The lowest BCUT2D eigenvalue weighted by atomic mass is 9.93. The Balaban J connectivity index is 0.000000273. The highest BCUT2D eigenvalue weighted by atomic mass is 14.6. The third-order valence-corrected chi connectivity index (χ3v) is 5.99. The summed E-state index contributed by atoms with van der Waals surface area (Å²) >= 11 is 0. The Labute approximate surface area is 211 Å². The summed E-state index contributed by atoms with van der Waals surface area (Å²) in [5, 5.41) is 0. The van der Waals surface area contributed by atoms with Crippen molar-refractivity contribution >= 4 is 17.1 Å². The van der Waals surface area contributed by atoms with Crippen molar-refractivity contribution in [2.45, 2.75) is 41.0 Å². The third kappa shape index (κ3) is 9.51. The molecular formula is C30H41N5. The number of nitrogens with zero attached hydrogens (tertiary/aromatic N) is 1. The molecular weight excluding hydrogens is 430 g/mol. The number of benzene rings is 3. The van der Waals surface area contributed by atoms with Crippen LogP contribution in [0.5, 0.6) is 0 Å². The van der Waals surface area contributed by atoms with Crippen LogP contribution in [-0.2, 0) is 6.42 Å². The quantitative estimate of drug-likeness (QED) is 0.271. The second-order valence-corrected chi connectivity index (χ2v) is 8.22. The monoisotopic (exact) mass is 471 g/mol. The lowest BCUT2D eigenvalue weighted by Gasteiger charge is -2.15. The van der Waals surface area contributed by atoms with Gasteiger partial charge in [0.25, 0.3) is 0 Å². The molecule has 1 aromatic heterocycles. The molecule has 0 saturated carbocycles. The molecule has 0 bridgehead atoms. The highest BCUT2D eigenvalue weighted by molar-refractivity contribution is 5.61. The number of rotatable bonds is 2. The average molecular weight is 472 g/mol. The summed E-state index contributed by atoms with van der Waals surface area (Å²) in [5.41, 5.74) is 33.3. The molecule has 0 unspecified atom stereocenters. The van der Waals surface area contributed by atoms with Crippen molar-refractivity contribution < 1.29 is 0 Å². The molecule has 1 heterocycles. The molecule has 4 aromatic rings. The van der Waals surface area contributed by atoms with Gasteiger partial charge in [0.1, 0.15) is 0 Å². The van der Waals surface area contributed by atoms with Gasteiger partial charge in [-0.2, -0.15) is 0 Å². The molecule has 186 valence electrons. The van der Waals surface area contributed by atoms with Gasteiger partial charge in [-0.25, -0.2) is 0 Å². The summed E-state index contributed by atoms with van der Waals surface area (Å²) in [6.07, 6.45) is 4.42. The summed E-state index contributed by atoms with van der Waals surface area (Å²) in [6.45, 7) is 10.6. The zero-order chi connectivity index (χ0) is 26.4. The number of hydrogen-bond acceptors (Lipinski definition) is 5. The van der Waals surface area contributed by atoms with Crippen molar-refractivity contribution in [2.24, 2.45) is 5.73 Å². The molecule has 0 aliphatic heterocycles. The fourth-order valence-electron chi connectivity index (χ4n) is 3.35. The molecule has 5 nitrogen and oxygen atoms in total. The molecule has 0 radical (unpaired) electrons. The summed E-state index contributed by atoms with van der Waals surface area (Å²) in [7, 11) is 1.50. The Bertz CT molecular complexity index is 961. The van der Waals surface area contributed by atoms with Crippen LogP contribution in [0.1, 0.15) is 38.9 Å². The number of aromatic nitrogens is 1. The van der Waals surface area contributed by atoms with Crippen LogP contribution in [0.25, 0.3) is 0 Å². The Morgan fingerprint density at radius 1 is 0.514 bits per heavy atom. The van der Waals surface area contributed by atoms with Crippen LogP contribution in [0.3, 0.4) is 0 Å². The first-order valence-corrected chi connectivity index (χ1v) is 11.6. The smallest absolute Gasteiger partial charge is 0.0378 e. The van der Waals surface area contributed by atoms with Gasteiger partial charge >= 0.3 is 0 Å².